The minimum absolute atomic E-state index is 0.307. The molecule has 0 amide bonds. The van der Waals surface area contributed by atoms with E-state index in [1.165, 1.54) is 4.90 Å². The van der Waals surface area contributed by atoms with E-state index in [4.69, 9.17) is 11.6 Å². The average molecular weight is 238 g/mol. The second-order valence-corrected chi connectivity index (χ2v) is 3.54. The summed E-state index contributed by atoms with van der Waals surface area (Å²) >= 11 is 5.65. The highest BCUT2D eigenvalue weighted by molar-refractivity contribution is 6.30. The van der Waals surface area contributed by atoms with Crippen LogP contribution in [0.1, 0.15) is 6.92 Å². The van der Waals surface area contributed by atoms with Gasteiger partial charge in [0.05, 0.1) is 0 Å². The summed E-state index contributed by atoms with van der Waals surface area (Å²) in [6, 6.07) is 6.32. The van der Waals surface area contributed by atoms with Gasteiger partial charge in [-0.25, -0.2) is 0 Å². The molecule has 0 N–H and O–H groups in total. The van der Waals surface area contributed by atoms with Gasteiger partial charge in [0.1, 0.15) is 6.54 Å². The van der Waals surface area contributed by atoms with E-state index in [1.807, 2.05) is 0 Å². The SMILES string of the molecule is CCN(CC(F)(F)F)c1ccc(Cl)cc1. The van der Waals surface area contributed by atoms with Gasteiger partial charge in [-0.1, -0.05) is 11.6 Å². The van der Waals surface area contributed by atoms with E-state index in [0.717, 1.165) is 0 Å². The molecule has 15 heavy (non-hydrogen) atoms. The Bertz CT molecular complexity index is 307. The minimum atomic E-state index is -4.18. The van der Waals surface area contributed by atoms with Crippen molar-refractivity contribution in [2.45, 2.75) is 13.1 Å². The van der Waals surface area contributed by atoms with Crippen LogP contribution in [0.4, 0.5) is 18.9 Å². The maximum absolute atomic E-state index is 12.2. The van der Waals surface area contributed by atoms with Crippen LogP contribution in [0.25, 0.3) is 0 Å². The van der Waals surface area contributed by atoms with Crippen molar-refractivity contribution in [3.63, 3.8) is 0 Å². The molecule has 0 unspecified atom stereocenters. The number of nitrogens with zero attached hydrogens (tertiary/aromatic N) is 1. The Balaban J connectivity index is 2.79. The van der Waals surface area contributed by atoms with Crippen LogP contribution in [0.15, 0.2) is 24.3 Å². The topological polar surface area (TPSA) is 3.24 Å². The molecule has 1 rings (SSSR count). The zero-order chi connectivity index (χ0) is 11.5. The predicted octanol–water partition coefficient (Wildman–Crippen LogP) is 3.73. The van der Waals surface area contributed by atoms with Crippen LogP contribution in [-0.2, 0) is 0 Å². The highest BCUT2D eigenvalue weighted by Crippen LogP contribution is 2.23. The van der Waals surface area contributed by atoms with E-state index >= 15 is 0 Å². The Kier molecular flexibility index (Phi) is 3.85. The van der Waals surface area contributed by atoms with Crippen molar-refractivity contribution in [1.82, 2.24) is 0 Å². The van der Waals surface area contributed by atoms with Gasteiger partial charge in [-0.15, -0.1) is 0 Å². The van der Waals surface area contributed by atoms with Crippen molar-refractivity contribution in [2.24, 2.45) is 0 Å². The van der Waals surface area contributed by atoms with Gasteiger partial charge in [-0.05, 0) is 31.2 Å². The molecule has 0 radical (unpaired) electrons. The average Bonchev–Trinajstić information content (AvgIpc) is 2.14. The van der Waals surface area contributed by atoms with E-state index < -0.39 is 12.7 Å². The molecule has 0 aromatic heterocycles. The highest BCUT2D eigenvalue weighted by Gasteiger charge is 2.30. The van der Waals surface area contributed by atoms with E-state index in [9.17, 15) is 13.2 Å². The highest BCUT2D eigenvalue weighted by atomic mass is 35.5. The van der Waals surface area contributed by atoms with Crippen LogP contribution in [0.3, 0.4) is 0 Å². The third kappa shape index (κ3) is 4.00. The molecule has 0 aliphatic rings. The van der Waals surface area contributed by atoms with E-state index in [0.29, 0.717) is 17.3 Å². The first-order valence-corrected chi connectivity index (χ1v) is 4.87. The summed E-state index contributed by atoms with van der Waals surface area (Å²) < 4.78 is 36.6. The molecule has 5 heteroatoms. The lowest BCUT2D eigenvalue weighted by atomic mass is 10.3. The Morgan fingerprint density at radius 2 is 1.73 bits per heavy atom. The molecule has 0 aliphatic heterocycles. The van der Waals surface area contributed by atoms with Crippen LogP contribution < -0.4 is 4.90 Å². The van der Waals surface area contributed by atoms with E-state index in [-0.39, 0.29) is 0 Å². The van der Waals surface area contributed by atoms with Gasteiger partial charge in [0.2, 0.25) is 0 Å². The molecular formula is C10H11ClF3N. The molecule has 1 aromatic carbocycles. The molecule has 0 atom stereocenters. The lowest BCUT2D eigenvalue weighted by molar-refractivity contribution is -0.119. The van der Waals surface area contributed by atoms with Crippen molar-refractivity contribution >= 4 is 17.3 Å². The monoisotopic (exact) mass is 237 g/mol. The standard InChI is InChI=1S/C10H11ClF3N/c1-2-15(7-10(12,13)14)9-5-3-8(11)4-6-9/h3-6H,2,7H2,1H3. The third-order valence-electron chi connectivity index (χ3n) is 1.94. The maximum atomic E-state index is 12.2. The van der Waals surface area contributed by atoms with Crippen molar-refractivity contribution in [1.29, 1.82) is 0 Å². The molecule has 0 saturated carbocycles. The second-order valence-electron chi connectivity index (χ2n) is 3.11. The van der Waals surface area contributed by atoms with Crippen LogP contribution >= 0.6 is 11.6 Å². The Morgan fingerprint density at radius 1 is 1.20 bits per heavy atom. The van der Waals surface area contributed by atoms with Gasteiger partial charge >= 0.3 is 6.18 Å². The quantitative estimate of drug-likeness (QED) is 0.774. The summed E-state index contributed by atoms with van der Waals surface area (Å²) in [6.45, 7) is 1.05. The summed E-state index contributed by atoms with van der Waals surface area (Å²) in [5.74, 6) is 0. The number of hydrogen-bond donors (Lipinski definition) is 0. The van der Waals surface area contributed by atoms with Crippen LogP contribution in [0, 0.1) is 0 Å². The normalized spacial score (nSPS) is 11.5. The van der Waals surface area contributed by atoms with Crippen LogP contribution in [-0.4, -0.2) is 19.3 Å². The first kappa shape index (κ1) is 12.2. The lowest BCUT2D eigenvalue weighted by Crippen LogP contribution is -2.33. The second kappa shape index (κ2) is 4.75. The van der Waals surface area contributed by atoms with Gasteiger partial charge in [-0.2, -0.15) is 13.2 Å². The molecule has 1 nitrogen and oxygen atoms in total. The van der Waals surface area contributed by atoms with E-state index in [1.54, 1.807) is 31.2 Å². The number of alkyl halides is 3. The Hall–Kier alpha value is -0.900. The zero-order valence-corrected chi connectivity index (χ0v) is 8.94. The fourth-order valence-electron chi connectivity index (χ4n) is 1.25. The molecule has 0 saturated heterocycles. The summed E-state index contributed by atoms with van der Waals surface area (Å²) in [6.07, 6.45) is -4.18. The van der Waals surface area contributed by atoms with Crippen molar-refractivity contribution in [3.05, 3.63) is 29.3 Å². The molecule has 0 bridgehead atoms. The van der Waals surface area contributed by atoms with Crippen molar-refractivity contribution < 1.29 is 13.2 Å². The molecule has 1 aromatic rings. The van der Waals surface area contributed by atoms with E-state index in [2.05, 4.69) is 0 Å². The summed E-state index contributed by atoms with van der Waals surface area (Å²) in [4.78, 5) is 1.25. The molecule has 84 valence electrons. The first-order valence-electron chi connectivity index (χ1n) is 4.49. The van der Waals surface area contributed by atoms with Gasteiger partial charge in [0.15, 0.2) is 0 Å². The molecule has 0 heterocycles. The third-order valence-corrected chi connectivity index (χ3v) is 2.20. The number of anilines is 1. The van der Waals surface area contributed by atoms with Gasteiger partial charge in [0, 0.05) is 17.3 Å². The van der Waals surface area contributed by atoms with Gasteiger partial charge in [0.25, 0.3) is 0 Å². The largest absolute Gasteiger partial charge is 0.405 e. The number of benzene rings is 1. The molecular weight excluding hydrogens is 227 g/mol. The Labute approximate surface area is 91.5 Å². The van der Waals surface area contributed by atoms with Gasteiger partial charge in [-0.3, -0.25) is 0 Å². The number of halogens is 4. The lowest BCUT2D eigenvalue weighted by Gasteiger charge is -2.24. The fraction of sp³-hybridized carbons (Fsp3) is 0.400. The zero-order valence-electron chi connectivity index (χ0n) is 8.18. The van der Waals surface area contributed by atoms with Gasteiger partial charge < -0.3 is 4.90 Å². The van der Waals surface area contributed by atoms with Crippen LogP contribution in [0.5, 0.6) is 0 Å². The minimum Gasteiger partial charge on any atom is -0.363 e. The summed E-state index contributed by atoms with van der Waals surface area (Å²) in [5, 5.41) is 0.516. The predicted molar refractivity (Wildman–Crippen MR) is 55.4 cm³/mol. The Morgan fingerprint density at radius 3 is 2.13 bits per heavy atom. The molecule has 0 spiro atoms. The van der Waals surface area contributed by atoms with Crippen molar-refractivity contribution in [3.8, 4) is 0 Å². The maximum Gasteiger partial charge on any atom is 0.405 e. The fourth-order valence-corrected chi connectivity index (χ4v) is 1.38. The molecule has 0 aliphatic carbocycles. The first-order chi connectivity index (χ1) is 6.92. The summed E-state index contributed by atoms with van der Waals surface area (Å²) in [7, 11) is 0. The van der Waals surface area contributed by atoms with Crippen molar-refractivity contribution in [2.75, 3.05) is 18.0 Å². The summed E-state index contributed by atoms with van der Waals surface area (Å²) in [5.41, 5.74) is 0.527. The van der Waals surface area contributed by atoms with Crippen LogP contribution in [0.2, 0.25) is 5.02 Å². The molecule has 0 fully saturated rings. The number of hydrogen-bond acceptors (Lipinski definition) is 1. The smallest absolute Gasteiger partial charge is 0.363 e. The number of rotatable bonds is 3.